The molecule has 2 rings (SSSR count). The predicted octanol–water partition coefficient (Wildman–Crippen LogP) is 1.77. The van der Waals surface area contributed by atoms with Crippen LogP contribution in [0.2, 0.25) is 5.28 Å². The molecule has 0 saturated carbocycles. The molecule has 2 heterocycles. The zero-order valence-electron chi connectivity index (χ0n) is 7.50. The summed E-state index contributed by atoms with van der Waals surface area (Å²) in [5, 5.41) is 3.56. The van der Waals surface area contributed by atoms with E-state index in [0.717, 1.165) is 17.0 Å². The van der Waals surface area contributed by atoms with Gasteiger partial charge in [0, 0.05) is 23.5 Å². The zero-order valence-corrected chi connectivity index (χ0v) is 8.26. The number of hydrogen-bond donors (Lipinski definition) is 1. The van der Waals surface area contributed by atoms with Crippen molar-refractivity contribution in [2.24, 2.45) is 0 Å². The van der Waals surface area contributed by atoms with Crippen LogP contribution < -0.4 is 5.32 Å². The summed E-state index contributed by atoms with van der Waals surface area (Å²) in [6.45, 7) is 4.02. The standard InChI is InChI=1S/C9H10ClN3/c1-5-3-8(12-5)7-4-11-9(10)13-6(7)2/h3-5,12H,1-2H3/t5-/m0/s1. The highest BCUT2D eigenvalue weighted by Crippen LogP contribution is 2.21. The van der Waals surface area contributed by atoms with Crippen LogP contribution in [0.15, 0.2) is 12.3 Å². The summed E-state index contributed by atoms with van der Waals surface area (Å²) >= 11 is 5.65. The molecule has 68 valence electrons. The Morgan fingerprint density at radius 1 is 1.54 bits per heavy atom. The first-order chi connectivity index (χ1) is 6.16. The van der Waals surface area contributed by atoms with Crippen molar-refractivity contribution >= 4 is 17.3 Å². The summed E-state index contributed by atoms with van der Waals surface area (Å²) in [5.74, 6) is 0. The Hall–Kier alpha value is -1.09. The van der Waals surface area contributed by atoms with Crippen LogP contribution in [0, 0.1) is 6.92 Å². The Labute approximate surface area is 81.9 Å². The van der Waals surface area contributed by atoms with Gasteiger partial charge in [-0.15, -0.1) is 0 Å². The topological polar surface area (TPSA) is 37.8 Å². The van der Waals surface area contributed by atoms with E-state index in [-0.39, 0.29) is 0 Å². The quantitative estimate of drug-likeness (QED) is 0.695. The van der Waals surface area contributed by atoms with Gasteiger partial charge in [-0.05, 0) is 31.5 Å². The van der Waals surface area contributed by atoms with Gasteiger partial charge in [0.1, 0.15) is 0 Å². The largest absolute Gasteiger partial charge is 0.379 e. The number of nitrogens with one attached hydrogen (secondary N) is 1. The molecule has 1 atom stereocenters. The number of rotatable bonds is 1. The molecule has 1 aromatic heterocycles. The van der Waals surface area contributed by atoms with E-state index in [1.165, 1.54) is 0 Å². The van der Waals surface area contributed by atoms with E-state index < -0.39 is 0 Å². The molecule has 0 saturated heterocycles. The molecule has 13 heavy (non-hydrogen) atoms. The van der Waals surface area contributed by atoms with E-state index in [9.17, 15) is 0 Å². The lowest BCUT2D eigenvalue weighted by atomic mass is 10.0. The van der Waals surface area contributed by atoms with Crippen molar-refractivity contribution in [1.82, 2.24) is 15.3 Å². The second-order valence-electron chi connectivity index (χ2n) is 3.15. The van der Waals surface area contributed by atoms with Crippen molar-refractivity contribution in [3.63, 3.8) is 0 Å². The van der Waals surface area contributed by atoms with Crippen molar-refractivity contribution in [2.75, 3.05) is 0 Å². The molecule has 1 aliphatic heterocycles. The third kappa shape index (κ3) is 1.52. The molecule has 4 heteroatoms. The summed E-state index contributed by atoms with van der Waals surface area (Å²) in [6.07, 6.45) is 3.88. The highest BCUT2D eigenvalue weighted by molar-refractivity contribution is 6.28. The number of hydrogen-bond acceptors (Lipinski definition) is 3. The molecule has 0 bridgehead atoms. The van der Waals surface area contributed by atoms with Crippen molar-refractivity contribution in [1.29, 1.82) is 0 Å². The average Bonchev–Trinajstić information content (AvgIpc) is 2.00. The van der Waals surface area contributed by atoms with Crippen LogP contribution in [0.3, 0.4) is 0 Å². The maximum atomic E-state index is 5.65. The first-order valence-corrected chi connectivity index (χ1v) is 4.52. The summed E-state index contributed by atoms with van der Waals surface area (Å²) in [6, 6.07) is 0.449. The van der Waals surface area contributed by atoms with Gasteiger partial charge in [0.25, 0.3) is 0 Å². The van der Waals surface area contributed by atoms with Crippen LogP contribution in [-0.4, -0.2) is 16.0 Å². The van der Waals surface area contributed by atoms with Crippen LogP contribution in [0.5, 0.6) is 0 Å². The highest BCUT2D eigenvalue weighted by Gasteiger charge is 2.16. The molecule has 0 fully saturated rings. The van der Waals surface area contributed by atoms with Crippen LogP contribution in [0.1, 0.15) is 18.2 Å². The third-order valence-electron chi connectivity index (χ3n) is 2.04. The summed E-state index contributed by atoms with van der Waals surface area (Å²) in [5.41, 5.74) is 3.04. The first kappa shape index (κ1) is 8.51. The lowest BCUT2D eigenvalue weighted by Gasteiger charge is -2.25. The Morgan fingerprint density at radius 2 is 2.23 bits per heavy atom. The monoisotopic (exact) mass is 195 g/mol. The number of nitrogens with zero attached hydrogens (tertiary/aromatic N) is 2. The minimum Gasteiger partial charge on any atom is -0.379 e. The molecule has 1 aromatic rings. The van der Waals surface area contributed by atoms with Gasteiger partial charge < -0.3 is 5.32 Å². The maximum absolute atomic E-state index is 5.65. The van der Waals surface area contributed by atoms with Crippen molar-refractivity contribution in [2.45, 2.75) is 19.9 Å². The van der Waals surface area contributed by atoms with E-state index in [1.807, 2.05) is 6.92 Å². The molecular formula is C9H10ClN3. The lowest BCUT2D eigenvalue weighted by Crippen LogP contribution is -2.32. The molecule has 0 aromatic carbocycles. The lowest BCUT2D eigenvalue weighted by molar-refractivity contribution is 0.723. The van der Waals surface area contributed by atoms with Gasteiger partial charge in [0.2, 0.25) is 5.28 Å². The number of aryl methyl sites for hydroxylation is 1. The fraction of sp³-hybridized carbons (Fsp3) is 0.333. The number of aromatic nitrogens is 2. The first-order valence-electron chi connectivity index (χ1n) is 4.14. The Kier molecular flexibility index (Phi) is 1.96. The molecular weight excluding hydrogens is 186 g/mol. The number of halogens is 1. The van der Waals surface area contributed by atoms with E-state index in [4.69, 9.17) is 11.6 Å². The predicted molar refractivity (Wildman–Crippen MR) is 52.4 cm³/mol. The minimum absolute atomic E-state index is 0.300. The fourth-order valence-corrected chi connectivity index (χ4v) is 1.54. The van der Waals surface area contributed by atoms with Crippen LogP contribution in [0.4, 0.5) is 0 Å². The Balaban J connectivity index is 2.37. The molecule has 1 N–H and O–H groups in total. The maximum Gasteiger partial charge on any atom is 0.222 e. The summed E-state index contributed by atoms with van der Waals surface area (Å²) in [4.78, 5) is 8.02. The van der Waals surface area contributed by atoms with Gasteiger partial charge >= 0.3 is 0 Å². The van der Waals surface area contributed by atoms with Gasteiger partial charge in [0.05, 0.1) is 5.69 Å². The molecule has 3 nitrogen and oxygen atoms in total. The van der Waals surface area contributed by atoms with E-state index in [1.54, 1.807) is 6.20 Å². The summed E-state index contributed by atoms with van der Waals surface area (Å²) < 4.78 is 0. The van der Waals surface area contributed by atoms with E-state index in [2.05, 4.69) is 28.3 Å². The van der Waals surface area contributed by atoms with Gasteiger partial charge in [-0.3, -0.25) is 0 Å². The van der Waals surface area contributed by atoms with Crippen LogP contribution in [0.25, 0.3) is 5.70 Å². The minimum atomic E-state index is 0.300. The molecule has 0 aliphatic carbocycles. The second-order valence-corrected chi connectivity index (χ2v) is 3.49. The Morgan fingerprint density at radius 3 is 2.77 bits per heavy atom. The van der Waals surface area contributed by atoms with Crippen molar-refractivity contribution in [3.8, 4) is 0 Å². The normalized spacial score (nSPS) is 20.2. The van der Waals surface area contributed by atoms with Crippen LogP contribution >= 0.6 is 11.6 Å². The highest BCUT2D eigenvalue weighted by atomic mass is 35.5. The molecule has 0 amide bonds. The van der Waals surface area contributed by atoms with Crippen LogP contribution in [-0.2, 0) is 0 Å². The molecule has 0 unspecified atom stereocenters. The third-order valence-corrected chi connectivity index (χ3v) is 2.22. The Bertz CT molecular complexity index is 373. The van der Waals surface area contributed by atoms with Gasteiger partial charge in [0.15, 0.2) is 0 Å². The van der Waals surface area contributed by atoms with Gasteiger partial charge in [-0.1, -0.05) is 0 Å². The van der Waals surface area contributed by atoms with E-state index >= 15 is 0 Å². The van der Waals surface area contributed by atoms with Crippen molar-refractivity contribution < 1.29 is 0 Å². The van der Waals surface area contributed by atoms with E-state index in [0.29, 0.717) is 11.3 Å². The molecule has 0 radical (unpaired) electrons. The van der Waals surface area contributed by atoms with Crippen molar-refractivity contribution in [3.05, 3.63) is 28.8 Å². The van der Waals surface area contributed by atoms with Gasteiger partial charge in [-0.25, -0.2) is 9.97 Å². The molecule has 1 aliphatic rings. The fourth-order valence-electron chi connectivity index (χ4n) is 1.36. The average molecular weight is 196 g/mol. The zero-order chi connectivity index (χ0) is 9.42. The van der Waals surface area contributed by atoms with Gasteiger partial charge in [-0.2, -0.15) is 0 Å². The second kappa shape index (κ2) is 3.00. The SMILES string of the molecule is Cc1nc(Cl)ncc1C1=C[C@H](C)N1. The summed E-state index contributed by atoms with van der Waals surface area (Å²) in [7, 11) is 0. The molecule has 0 spiro atoms. The smallest absolute Gasteiger partial charge is 0.222 e.